The third-order valence-corrected chi connectivity index (χ3v) is 6.00. The van der Waals surface area contributed by atoms with Crippen LogP contribution in [0.1, 0.15) is 6.42 Å². The van der Waals surface area contributed by atoms with Gasteiger partial charge in [0.25, 0.3) is 10.1 Å². The van der Waals surface area contributed by atoms with Crippen molar-refractivity contribution in [2.45, 2.75) is 48.9 Å². The second-order valence-electron chi connectivity index (χ2n) is 7.03. The van der Waals surface area contributed by atoms with Gasteiger partial charge in [-0.3, -0.25) is 4.55 Å². The van der Waals surface area contributed by atoms with Crippen LogP contribution in [0, 0.1) is 11.8 Å². The minimum atomic E-state index is -4.86. The molecule has 6 N–H and O–H groups in total. The fourth-order valence-corrected chi connectivity index (χ4v) is 3.82. The summed E-state index contributed by atoms with van der Waals surface area (Å²) in [7, 11) is -3.79. The van der Waals surface area contributed by atoms with E-state index < -0.39 is 83.4 Å². The Morgan fingerprint density at radius 3 is 2.42 bits per heavy atom. The van der Waals surface area contributed by atoms with Crippen LogP contribution in [0.2, 0.25) is 0 Å². The van der Waals surface area contributed by atoms with Crippen LogP contribution in [0.5, 0.6) is 0 Å². The molecule has 2 rings (SSSR count). The zero-order chi connectivity index (χ0) is 23.5. The lowest BCUT2D eigenvalue weighted by Crippen LogP contribution is -2.60. The number of aliphatic hydroxyl groups is 5. The number of carbonyl (C=O) groups excluding carboxylic acids is 1. The Balaban J connectivity index is 2.31. The van der Waals surface area contributed by atoms with Crippen LogP contribution in [0.25, 0.3) is 0 Å². The maximum absolute atomic E-state index is 12.1. The van der Waals surface area contributed by atoms with Gasteiger partial charge in [-0.2, -0.15) is 8.42 Å². The predicted molar refractivity (Wildman–Crippen MR) is 99.2 cm³/mol. The molecule has 0 amide bonds. The monoisotopic (exact) mass is 470 g/mol. The van der Waals surface area contributed by atoms with Crippen molar-refractivity contribution in [3.63, 3.8) is 0 Å². The van der Waals surface area contributed by atoms with Crippen LogP contribution in [0.15, 0.2) is 24.5 Å². The van der Waals surface area contributed by atoms with Crippen LogP contribution < -0.4 is 0 Å². The number of aliphatic hydroxyl groups excluding tert-OH is 5. The first-order chi connectivity index (χ1) is 14.5. The van der Waals surface area contributed by atoms with Crippen LogP contribution >= 0.6 is 0 Å². The van der Waals surface area contributed by atoms with Gasteiger partial charge in [-0.25, -0.2) is 4.79 Å². The lowest BCUT2D eigenvalue weighted by Gasteiger charge is -2.43. The van der Waals surface area contributed by atoms with E-state index in [1.165, 1.54) is 6.08 Å². The van der Waals surface area contributed by atoms with Crippen molar-refractivity contribution in [3.8, 4) is 0 Å². The number of esters is 1. The Morgan fingerprint density at radius 1 is 1.26 bits per heavy atom. The fourth-order valence-electron chi connectivity index (χ4n) is 3.37. The molecule has 178 valence electrons. The molecule has 1 fully saturated rings. The number of hydrogen-bond acceptors (Lipinski definition) is 12. The van der Waals surface area contributed by atoms with Crippen LogP contribution in [0.3, 0.4) is 0 Å². The smallest absolute Gasteiger partial charge is 0.337 e. The molecule has 1 saturated heterocycles. The number of hydrogen-bond donors (Lipinski definition) is 6. The van der Waals surface area contributed by atoms with E-state index in [2.05, 4.69) is 11.3 Å². The van der Waals surface area contributed by atoms with Crippen molar-refractivity contribution in [3.05, 3.63) is 24.5 Å². The third-order valence-electron chi connectivity index (χ3n) is 5.12. The van der Waals surface area contributed by atoms with Crippen LogP contribution in [-0.4, -0.2) is 101 Å². The highest BCUT2D eigenvalue weighted by Crippen LogP contribution is 2.38. The van der Waals surface area contributed by atoms with Gasteiger partial charge in [0.2, 0.25) is 6.29 Å². The lowest BCUT2D eigenvalue weighted by molar-refractivity contribution is -0.339. The Hall–Kier alpha value is -1.62. The van der Waals surface area contributed by atoms with E-state index in [0.29, 0.717) is 0 Å². The molecule has 14 heteroatoms. The zero-order valence-electron chi connectivity index (χ0n) is 16.4. The first kappa shape index (κ1) is 25.6. The van der Waals surface area contributed by atoms with Gasteiger partial charge in [0.15, 0.2) is 11.7 Å². The molecule has 0 radical (unpaired) electrons. The van der Waals surface area contributed by atoms with E-state index in [1.807, 2.05) is 0 Å². The molecular weight excluding hydrogens is 444 g/mol. The van der Waals surface area contributed by atoms with Gasteiger partial charge in [0, 0.05) is 11.8 Å². The minimum Gasteiger partial charge on any atom is -0.471 e. The molecule has 2 aliphatic heterocycles. The molecule has 0 aromatic carbocycles. The summed E-state index contributed by atoms with van der Waals surface area (Å²) in [6.07, 6.45) is -7.84. The maximum Gasteiger partial charge on any atom is 0.337 e. The number of carbonyl (C=O) groups is 1. The second kappa shape index (κ2) is 10.3. The number of ether oxygens (including phenoxy) is 4. The molecule has 0 aromatic heterocycles. The first-order valence-corrected chi connectivity index (χ1v) is 10.6. The molecular formula is C17H26O13S. The topological polar surface area (TPSA) is 210 Å². The highest BCUT2D eigenvalue weighted by Gasteiger charge is 2.48. The van der Waals surface area contributed by atoms with Gasteiger partial charge < -0.3 is 44.5 Å². The molecule has 0 spiro atoms. The maximum atomic E-state index is 12.1. The molecule has 31 heavy (non-hydrogen) atoms. The largest absolute Gasteiger partial charge is 0.471 e. The van der Waals surface area contributed by atoms with Gasteiger partial charge in [0.05, 0.1) is 25.6 Å². The van der Waals surface area contributed by atoms with Gasteiger partial charge in [-0.05, 0) is 6.42 Å². The molecule has 0 saturated carbocycles. The normalized spacial score (nSPS) is 37.3. The standard InChI is InChI=1S/C17H26O13S/c1-3-7-8(4-11(19)31(24,25)26)9(15(23)27-2)6-28-16(7)30-17-14(22)13(21)12(20)10(5-18)29-17/h3,6-8,10-14,16-22H,1,4-5H2,2H3,(H,24,25,26)/t7-,8+,10-,11?,12-,13+,14-,16+,17+/m1/s1. The molecule has 0 aromatic rings. The quantitative estimate of drug-likeness (QED) is 0.121. The molecule has 0 bridgehead atoms. The SMILES string of the molecule is C=C[C@H]1[C@H](O[C@@H]2O[C@H](CO)[C@@H](O)[C@H](O)[C@H]2O)OC=C(C(=O)OC)[C@H]1CC(O)S(=O)(=O)O. The Morgan fingerprint density at radius 2 is 1.90 bits per heavy atom. The second-order valence-corrected chi connectivity index (χ2v) is 8.60. The van der Waals surface area contributed by atoms with Crippen molar-refractivity contribution < 1.29 is 62.2 Å². The van der Waals surface area contributed by atoms with Crippen molar-refractivity contribution >= 4 is 16.1 Å². The molecule has 0 aliphatic carbocycles. The lowest BCUT2D eigenvalue weighted by atomic mass is 9.81. The summed E-state index contributed by atoms with van der Waals surface area (Å²) in [6.45, 7) is 2.88. The molecule has 2 heterocycles. The summed E-state index contributed by atoms with van der Waals surface area (Å²) in [4.78, 5) is 12.1. The van der Waals surface area contributed by atoms with Crippen molar-refractivity contribution in [1.29, 1.82) is 0 Å². The van der Waals surface area contributed by atoms with E-state index in [1.54, 1.807) is 0 Å². The molecule has 1 unspecified atom stereocenters. The summed E-state index contributed by atoms with van der Waals surface area (Å²) < 4.78 is 52.4. The van der Waals surface area contributed by atoms with Crippen LogP contribution in [0.4, 0.5) is 0 Å². The predicted octanol–water partition coefficient (Wildman–Crippen LogP) is -2.77. The van der Waals surface area contributed by atoms with Crippen molar-refractivity contribution in [1.82, 2.24) is 0 Å². The van der Waals surface area contributed by atoms with Crippen molar-refractivity contribution in [2.75, 3.05) is 13.7 Å². The van der Waals surface area contributed by atoms with Crippen LogP contribution in [-0.2, 0) is 33.9 Å². The fraction of sp³-hybridized carbons (Fsp3) is 0.706. The summed E-state index contributed by atoms with van der Waals surface area (Å²) in [5.74, 6) is -3.04. The highest BCUT2D eigenvalue weighted by molar-refractivity contribution is 7.86. The summed E-state index contributed by atoms with van der Waals surface area (Å²) in [5.41, 5.74) is -2.43. The van der Waals surface area contributed by atoms with Gasteiger partial charge >= 0.3 is 5.97 Å². The average molecular weight is 470 g/mol. The highest BCUT2D eigenvalue weighted by atomic mass is 32.2. The van der Waals surface area contributed by atoms with E-state index in [-0.39, 0.29) is 5.57 Å². The van der Waals surface area contributed by atoms with E-state index in [4.69, 9.17) is 18.8 Å². The Kier molecular flexibility index (Phi) is 8.54. The minimum absolute atomic E-state index is 0.177. The van der Waals surface area contributed by atoms with E-state index in [9.17, 15) is 38.7 Å². The van der Waals surface area contributed by atoms with Gasteiger partial charge in [-0.1, -0.05) is 6.08 Å². The van der Waals surface area contributed by atoms with E-state index >= 15 is 0 Å². The Labute approximate surface area is 177 Å². The number of rotatable bonds is 8. The third kappa shape index (κ3) is 5.60. The molecule has 2 aliphatic rings. The van der Waals surface area contributed by atoms with Gasteiger partial charge in [0.1, 0.15) is 24.4 Å². The molecule has 9 atom stereocenters. The van der Waals surface area contributed by atoms with Crippen molar-refractivity contribution in [2.24, 2.45) is 11.8 Å². The zero-order valence-corrected chi connectivity index (χ0v) is 17.2. The van der Waals surface area contributed by atoms with E-state index in [0.717, 1.165) is 13.4 Å². The first-order valence-electron chi connectivity index (χ1n) is 9.13. The summed E-state index contributed by atoms with van der Waals surface area (Å²) in [5, 5.41) is 49.0. The molecule has 13 nitrogen and oxygen atoms in total. The average Bonchev–Trinajstić information content (AvgIpc) is 2.72. The van der Waals surface area contributed by atoms with Gasteiger partial charge in [-0.15, -0.1) is 6.58 Å². The number of methoxy groups -OCH3 is 1. The summed E-state index contributed by atoms with van der Waals surface area (Å²) >= 11 is 0. The Bertz CT molecular complexity index is 779. The summed E-state index contributed by atoms with van der Waals surface area (Å²) in [6, 6.07) is 0.